The monoisotopic (exact) mass is 148 g/mol. The van der Waals surface area contributed by atoms with Crippen LogP contribution in [0.15, 0.2) is 12.4 Å². The molecule has 1 aromatic rings. The van der Waals surface area contributed by atoms with Crippen molar-refractivity contribution < 1.29 is 0 Å². The van der Waals surface area contributed by atoms with Gasteiger partial charge >= 0.3 is 0 Å². The Bertz CT molecular complexity index is 280. The summed E-state index contributed by atoms with van der Waals surface area (Å²) in [6, 6.07) is 0. The molecule has 4 heteroatoms. The summed E-state index contributed by atoms with van der Waals surface area (Å²) < 4.78 is 0. The van der Waals surface area contributed by atoms with E-state index in [2.05, 4.69) is 21.8 Å². The summed E-state index contributed by atoms with van der Waals surface area (Å²) in [7, 11) is 0. The van der Waals surface area contributed by atoms with Crippen molar-refractivity contribution in [1.82, 2.24) is 9.97 Å². The number of aromatic nitrogens is 2. The van der Waals surface area contributed by atoms with E-state index in [0.717, 1.165) is 5.56 Å². The average Bonchev–Trinajstić information content (AvgIpc) is 2.04. The lowest BCUT2D eigenvalue weighted by atomic mass is 10.3. The van der Waals surface area contributed by atoms with Gasteiger partial charge in [0, 0.05) is 12.4 Å². The third-order valence-corrected chi connectivity index (χ3v) is 1.01. The highest BCUT2D eigenvalue weighted by atomic mass is 15.0. The number of hydrogen-bond donors (Lipinski definition) is 2. The number of anilines is 1. The van der Waals surface area contributed by atoms with Crippen molar-refractivity contribution in [1.29, 1.82) is 0 Å². The molecule has 0 aliphatic heterocycles. The van der Waals surface area contributed by atoms with Crippen LogP contribution in [0.2, 0.25) is 0 Å². The van der Waals surface area contributed by atoms with Crippen LogP contribution in [0.3, 0.4) is 0 Å². The minimum atomic E-state index is 0.253. The zero-order chi connectivity index (χ0) is 8.10. The summed E-state index contributed by atoms with van der Waals surface area (Å²) in [5.74, 6) is 5.71. The van der Waals surface area contributed by atoms with E-state index in [4.69, 9.17) is 11.5 Å². The number of nitrogens with zero attached hydrogens (tertiary/aromatic N) is 2. The Morgan fingerprint density at radius 1 is 1.36 bits per heavy atom. The fourth-order valence-electron chi connectivity index (χ4n) is 0.556. The van der Waals surface area contributed by atoms with E-state index in [1.807, 2.05) is 0 Å². The lowest BCUT2D eigenvalue weighted by Crippen LogP contribution is -1.95. The topological polar surface area (TPSA) is 77.8 Å². The van der Waals surface area contributed by atoms with Crippen molar-refractivity contribution in [3.63, 3.8) is 0 Å². The Labute approximate surface area is 64.6 Å². The SMILES string of the molecule is NCC#Cc1cnc(N)nc1. The molecule has 56 valence electrons. The van der Waals surface area contributed by atoms with Gasteiger partial charge in [0.1, 0.15) is 0 Å². The zero-order valence-corrected chi connectivity index (χ0v) is 5.91. The summed E-state index contributed by atoms with van der Waals surface area (Å²) in [5, 5.41) is 0. The number of rotatable bonds is 0. The van der Waals surface area contributed by atoms with E-state index in [0.29, 0.717) is 6.54 Å². The Morgan fingerprint density at radius 2 is 2.00 bits per heavy atom. The quantitative estimate of drug-likeness (QED) is 0.480. The van der Waals surface area contributed by atoms with Gasteiger partial charge in [-0.3, -0.25) is 0 Å². The molecule has 0 bridgehead atoms. The normalized spacial score (nSPS) is 8.45. The predicted octanol–water partition coefficient (Wildman–Crippen LogP) is -0.631. The zero-order valence-electron chi connectivity index (χ0n) is 5.91. The average molecular weight is 148 g/mol. The Morgan fingerprint density at radius 3 is 2.55 bits per heavy atom. The van der Waals surface area contributed by atoms with Gasteiger partial charge in [0.05, 0.1) is 12.1 Å². The molecule has 0 saturated heterocycles. The first-order valence-corrected chi connectivity index (χ1v) is 3.09. The van der Waals surface area contributed by atoms with Crippen LogP contribution < -0.4 is 11.5 Å². The molecule has 0 amide bonds. The van der Waals surface area contributed by atoms with Crippen LogP contribution in [0.1, 0.15) is 5.56 Å². The fourth-order valence-corrected chi connectivity index (χ4v) is 0.556. The Balaban J connectivity index is 2.82. The lowest BCUT2D eigenvalue weighted by Gasteiger charge is -1.89. The molecule has 0 unspecified atom stereocenters. The van der Waals surface area contributed by atoms with Gasteiger partial charge in [0.15, 0.2) is 0 Å². The summed E-state index contributed by atoms with van der Waals surface area (Å²) in [4.78, 5) is 7.51. The molecule has 0 aliphatic rings. The maximum absolute atomic E-state index is 5.26. The van der Waals surface area contributed by atoms with Crippen LogP contribution in [0.4, 0.5) is 5.95 Å². The predicted molar refractivity (Wildman–Crippen MR) is 42.4 cm³/mol. The summed E-state index contributed by atoms with van der Waals surface area (Å²) in [5.41, 5.74) is 11.2. The van der Waals surface area contributed by atoms with Crippen molar-refractivity contribution in [2.24, 2.45) is 5.73 Å². The third-order valence-electron chi connectivity index (χ3n) is 1.01. The summed E-state index contributed by atoms with van der Waals surface area (Å²) in [6.07, 6.45) is 3.12. The van der Waals surface area contributed by atoms with Crippen LogP contribution >= 0.6 is 0 Å². The van der Waals surface area contributed by atoms with Crippen LogP contribution in [-0.4, -0.2) is 16.5 Å². The van der Waals surface area contributed by atoms with Gasteiger partial charge in [-0.1, -0.05) is 11.8 Å². The van der Waals surface area contributed by atoms with Gasteiger partial charge < -0.3 is 11.5 Å². The molecule has 4 nitrogen and oxygen atoms in total. The van der Waals surface area contributed by atoms with E-state index in [-0.39, 0.29) is 5.95 Å². The highest BCUT2D eigenvalue weighted by Crippen LogP contribution is 1.92. The van der Waals surface area contributed by atoms with Gasteiger partial charge in [0.25, 0.3) is 0 Å². The van der Waals surface area contributed by atoms with E-state index >= 15 is 0 Å². The van der Waals surface area contributed by atoms with E-state index in [1.54, 1.807) is 12.4 Å². The highest BCUT2D eigenvalue weighted by Gasteiger charge is 1.87. The molecule has 0 spiro atoms. The largest absolute Gasteiger partial charge is 0.368 e. The maximum atomic E-state index is 5.26. The summed E-state index contributed by atoms with van der Waals surface area (Å²) >= 11 is 0. The summed E-state index contributed by atoms with van der Waals surface area (Å²) in [6.45, 7) is 0.338. The first kappa shape index (κ1) is 7.51. The van der Waals surface area contributed by atoms with E-state index in [1.165, 1.54) is 0 Å². The number of hydrogen-bond acceptors (Lipinski definition) is 4. The van der Waals surface area contributed by atoms with Crippen molar-refractivity contribution >= 4 is 5.95 Å². The second-order valence-electron chi connectivity index (χ2n) is 1.84. The van der Waals surface area contributed by atoms with Crippen molar-refractivity contribution in [3.8, 4) is 11.8 Å². The molecule has 1 rings (SSSR count). The molecule has 0 aliphatic carbocycles. The highest BCUT2D eigenvalue weighted by molar-refractivity contribution is 5.32. The molecule has 1 aromatic heterocycles. The van der Waals surface area contributed by atoms with Gasteiger partial charge in [-0.2, -0.15) is 0 Å². The van der Waals surface area contributed by atoms with Gasteiger partial charge in [-0.15, -0.1) is 0 Å². The minimum Gasteiger partial charge on any atom is -0.368 e. The molecule has 1 heterocycles. The third kappa shape index (κ3) is 2.24. The minimum absolute atomic E-state index is 0.253. The molecular formula is C7H8N4. The molecule has 0 radical (unpaired) electrons. The molecular weight excluding hydrogens is 140 g/mol. The molecule has 0 atom stereocenters. The first-order valence-electron chi connectivity index (χ1n) is 3.09. The Kier molecular flexibility index (Phi) is 2.42. The number of nitrogen functional groups attached to an aromatic ring is 1. The van der Waals surface area contributed by atoms with Gasteiger partial charge in [-0.25, -0.2) is 9.97 Å². The standard InChI is InChI=1S/C7H8N4/c8-3-1-2-6-4-10-7(9)11-5-6/h4-5H,3,8H2,(H2,9,10,11). The van der Waals surface area contributed by atoms with E-state index in [9.17, 15) is 0 Å². The van der Waals surface area contributed by atoms with Crippen molar-refractivity contribution in [3.05, 3.63) is 18.0 Å². The second-order valence-corrected chi connectivity index (χ2v) is 1.84. The molecule has 0 aromatic carbocycles. The van der Waals surface area contributed by atoms with Crippen LogP contribution in [-0.2, 0) is 0 Å². The van der Waals surface area contributed by atoms with Gasteiger partial charge in [0.2, 0.25) is 5.95 Å². The van der Waals surface area contributed by atoms with Crippen molar-refractivity contribution in [2.45, 2.75) is 0 Å². The molecule has 0 saturated carbocycles. The van der Waals surface area contributed by atoms with Gasteiger partial charge in [-0.05, 0) is 0 Å². The molecule has 0 fully saturated rings. The lowest BCUT2D eigenvalue weighted by molar-refractivity contribution is 1.17. The van der Waals surface area contributed by atoms with E-state index < -0.39 is 0 Å². The smallest absolute Gasteiger partial charge is 0.219 e. The van der Waals surface area contributed by atoms with Crippen LogP contribution in [0.25, 0.3) is 0 Å². The second kappa shape index (κ2) is 3.54. The number of nitrogens with two attached hydrogens (primary N) is 2. The first-order chi connectivity index (χ1) is 5.33. The fraction of sp³-hybridized carbons (Fsp3) is 0.143. The molecule has 11 heavy (non-hydrogen) atoms. The van der Waals surface area contributed by atoms with Crippen molar-refractivity contribution in [2.75, 3.05) is 12.3 Å². The Hall–Kier alpha value is -1.60. The van der Waals surface area contributed by atoms with Crippen LogP contribution in [0, 0.1) is 11.8 Å². The maximum Gasteiger partial charge on any atom is 0.219 e. The van der Waals surface area contributed by atoms with Crippen LogP contribution in [0.5, 0.6) is 0 Å². The molecule has 4 N–H and O–H groups in total.